The maximum absolute atomic E-state index is 12.5. The van der Waals surface area contributed by atoms with Crippen LogP contribution in [0.3, 0.4) is 0 Å². The molecule has 1 aliphatic heterocycles. The first kappa shape index (κ1) is 16.9. The molecule has 0 fully saturated rings. The summed E-state index contributed by atoms with van der Waals surface area (Å²) >= 11 is 0. The number of hydrogen-bond donors (Lipinski definition) is 1. The highest BCUT2D eigenvalue weighted by Gasteiger charge is 2.32. The first-order valence-electron chi connectivity index (χ1n) is 8.23. The molecule has 1 amide bonds. The van der Waals surface area contributed by atoms with Crippen LogP contribution >= 0.6 is 0 Å². The van der Waals surface area contributed by atoms with E-state index in [1.54, 1.807) is 35.2 Å². The van der Waals surface area contributed by atoms with Gasteiger partial charge in [-0.2, -0.15) is 0 Å². The first-order chi connectivity index (χ1) is 12.1. The molecule has 1 atom stereocenters. The minimum atomic E-state index is -0.940. The van der Waals surface area contributed by atoms with E-state index >= 15 is 0 Å². The Balaban J connectivity index is 1.67. The van der Waals surface area contributed by atoms with Gasteiger partial charge in [-0.3, -0.25) is 14.4 Å². The average Bonchev–Trinajstić information content (AvgIpc) is 2.65. The minimum Gasteiger partial charge on any atom is -0.481 e. The molecule has 128 valence electrons. The van der Waals surface area contributed by atoms with Gasteiger partial charge in [0, 0.05) is 31.5 Å². The first-order valence-corrected chi connectivity index (χ1v) is 8.23. The number of carboxylic acid groups (broad SMARTS) is 1. The maximum Gasteiger partial charge on any atom is 0.312 e. The van der Waals surface area contributed by atoms with Crippen molar-refractivity contribution in [2.75, 3.05) is 6.54 Å². The van der Waals surface area contributed by atoms with Gasteiger partial charge in [0.2, 0.25) is 5.91 Å². The van der Waals surface area contributed by atoms with Crippen LogP contribution in [0, 0.1) is 0 Å². The zero-order chi connectivity index (χ0) is 17.8. The van der Waals surface area contributed by atoms with Gasteiger partial charge in [-0.05, 0) is 11.1 Å². The van der Waals surface area contributed by atoms with Gasteiger partial charge in [0.15, 0.2) is 5.78 Å². The number of hydrogen-bond acceptors (Lipinski definition) is 3. The molecule has 0 aliphatic carbocycles. The maximum atomic E-state index is 12.5. The van der Waals surface area contributed by atoms with Crippen molar-refractivity contribution in [2.24, 2.45) is 0 Å². The van der Waals surface area contributed by atoms with Gasteiger partial charge >= 0.3 is 5.97 Å². The molecule has 25 heavy (non-hydrogen) atoms. The van der Waals surface area contributed by atoms with Crippen LogP contribution in [-0.4, -0.2) is 34.2 Å². The second-order valence-electron chi connectivity index (χ2n) is 6.15. The lowest BCUT2D eigenvalue weighted by Crippen LogP contribution is -2.40. The van der Waals surface area contributed by atoms with Crippen molar-refractivity contribution in [3.05, 3.63) is 71.3 Å². The molecule has 5 nitrogen and oxygen atoms in total. The van der Waals surface area contributed by atoms with E-state index in [0.29, 0.717) is 12.1 Å². The number of fused-ring (bicyclic) bond motifs is 1. The molecule has 1 aliphatic rings. The fourth-order valence-electron chi connectivity index (χ4n) is 3.16. The zero-order valence-electron chi connectivity index (χ0n) is 13.7. The summed E-state index contributed by atoms with van der Waals surface area (Å²) in [6.07, 6.45) is 0.209. The van der Waals surface area contributed by atoms with E-state index in [1.807, 2.05) is 24.3 Å². The summed E-state index contributed by atoms with van der Waals surface area (Å²) in [6.45, 7) is 0.531. The lowest BCUT2D eigenvalue weighted by atomic mass is 9.89. The number of nitrogens with zero attached hydrogens (tertiary/aromatic N) is 1. The number of Topliss-reactive ketones (excluding diaryl/α,β-unsaturated/α-hetero) is 1. The molecule has 2 aromatic rings. The topological polar surface area (TPSA) is 74.7 Å². The SMILES string of the molecule is O=C(CCC(=O)N1Cc2ccccc2C(C(=O)O)C1)c1ccccc1. The number of ketones is 1. The largest absolute Gasteiger partial charge is 0.481 e. The molecule has 0 aromatic heterocycles. The highest BCUT2D eigenvalue weighted by molar-refractivity contribution is 5.98. The predicted molar refractivity (Wildman–Crippen MR) is 92.2 cm³/mol. The summed E-state index contributed by atoms with van der Waals surface area (Å²) in [4.78, 5) is 37.7. The van der Waals surface area contributed by atoms with Crippen LogP contribution in [0.1, 0.15) is 40.2 Å². The number of rotatable bonds is 5. The normalized spacial score (nSPS) is 16.2. The molecule has 0 bridgehead atoms. The van der Waals surface area contributed by atoms with Crippen molar-refractivity contribution in [1.29, 1.82) is 0 Å². The van der Waals surface area contributed by atoms with Gasteiger partial charge in [0.05, 0.1) is 5.92 Å². The van der Waals surface area contributed by atoms with Gasteiger partial charge < -0.3 is 10.0 Å². The number of carbonyl (C=O) groups is 3. The van der Waals surface area contributed by atoms with E-state index in [-0.39, 0.29) is 31.1 Å². The molecule has 5 heteroatoms. The Kier molecular flexibility index (Phi) is 4.93. The van der Waals surface area contributed by atoms with Crippen molar-refractivity contribution in [3.8, 4) is 0 Å². The molecule has 2 aromatic carbocycles. The van der Waals surface area contributed by atoms with Crippen LogP contribution in [0.25, 0.3) is 0 Å². The molecule has 1 unspecified atom stereocenters. The zero-order valence-corrected chi connectivity index (χ0v) is 13.7. The van der Waals surface area contributed by atoms with Crippen LogP contribution in [0.5, 0.6) is 0 Å². The Morgan fingerprint density at radius 1 is 0.960 bits per heavy atom. The molecule has 0 saturated carbocycles. The van der Waals surface area contributed by atoms with Crippen molar-refractivity contribution < 1.29 is 19.5 Å². The number of carboxylic acids is 1. The summed E-state index contributed by atoms with van der Waals surface area (Å²) in [7, 11) is 0. The van der Waals surface area contributed by atoms with Crippen LogP contribution in [0.2, 0.25) is 0 Å². The number of carbonyl (C=O) groups excluding carboxylic acids is 2. The van der Waals surface area contributed by atoms with Crippen molar-refractivity contribution in [2.45, 2.75) is 25.3 Å². The highest BCUT2D eigenvalue weighted by Crippen LogP contribution is 2.29. The Morgan fingerprint density at radius 2 is 1.64 bits per heavy atom. The van der Waals surface area contributed by atoms with Gasteiger partial charge in [-0.15, -0.1) is 0 Å². The number of amides is 1. The Labute approximate surface area is 145 Å². The summed E-state index contributed by atoms with van der Waals surface area (Å²) in [5.74, 6) is -1.93. The van der Waals surface area contributed by atoms with Crippen LogP contribution in [-0.2, 0) is 16.1 Å². The van der Waals surface area contributed by atoms with Gasteiger partial charge in [-0.1, -0.05) is 54.6 Å². The summed E-state index contributed by atoms with van der Waals surface area (Å²) in [6, 6.07) is 16.2. The minimum absolute atomic E-state index is 0.0823. The van der Waals surface area contributed by atoms with E-state index in [1.165, 1.54) is 0 Å². The highest BCUT2D eigenvalue weighted by atomic mass is 16.4. The summed E-state index contributed by atoms with van der Waals surface area (Å²) in [5, 5.41) is 9.46. The van der Waals surface area contributed by atoms with E-state index < -0.39 is 11.9 Å². The molecule has 1 N–H and O–H groups in total. The lowest BCUT2D eigenvalue weighted by molar-refractivity contribution is -0.141. The lowest BCUT2D eigenvalue weighted by Gasteiger charge is -2.32. The third-order valence-electron chi connectivity index (χ3n) is 4.51. The molecule has 1 heterocycles. The van der Waals surface area contributed by atoms with Crippen LogP contribution in [0.15, 0.2) is 54.6 Å². The Morgan fingerprint density at radius 3 is 2.36 bits per heavy atom. The Bertz CT molecular complexity index is 800. The molecule has 3 rings (SSSR count). The van der Waals surface area contributed by atoms with Crippen LogP contribution in [0.4, 0.5) is 0 Å². The van der Waals surface area contributed by atoms with Crippen molar-refractivity contribution in [1.82, 2.24) is 4.90 Å². The molecular weight excluding hydrogens is 318 g/mol. The third kappa shape index (κ3) is 3.76. The summed E-state index contributed by atoms with van der Waals surface area (Å²) < 4.78 is 0. The van der Waals surface area contributed by atoms with Crippen LogP contribution < -0.4 is 0 Å². The molecule has 0 saturated heterocycles. The third-order valence-corrected chi connectivity index (χ3v) is 4.51. The van der Waals surface area contributed by atoms with Gasteiger partial charge in [0.25, 0.3) is 0 Å². The van der Waals surface area contributed by atoms with Crippen molar-refractivity contribution in [3.63, 3.8) is 0 Å². The number of aliphatic carboxylic acids is 1. The standard InChI is InChI=1S/C20H19NO4/c22-18(14-6-2-1-3-7-14)10-11-19(23)21-12-15-8-4-5-9-16(15)17(13-21)20(24)25/h1-9,17H,10-13H2,(H,24,25). The average molecular weight is 337 g/mol. The van der Waals surface area contributed by atoms with E-state index in [4.69, 9.17) is 0 Å². The van der Waals surface area contributed by atoms with Gasteiger partial charge in [0.1, 0.15) is 0 Å². The smallest absolute Gasteiger partial charge is 0.312 e. The fourth-order valence-corrected chi connectivity index (χ4v) is 3.16. The molecule has 0 radical (unpaired) electrons. The monoisotopic (exact) mass is 337 g/mol. The predicted octanol–water partition coefficient (Wildman–Crippen LogP) is 2.86. The Hall–Kier alpha value is -2.95. The van der Waals surface area contributed by atoms with E-state index in [0.717, 1.165) is 11.1 Å². The second kappa shape index (κ2) is 7.30. The van der Waals surface area contributed by atoms with E-state index in [9.17, 15) is 19.5 Å². The van der Waals surface area contributed by atoms with Crippen molar-refractivity contribution >= 4 is 17.7 Å². The van der Waals surface area contributed by atoms with Gasteiger partial charge in [-0.25, -0.2) is 0 Å². The second-order valence-corrected chi connectivity index (χ2v) is 6.15. The number of benzene rings is 2. The molecular formula is C20H19NO4. The quantitative estimate of drug-likeness (QED) is 0.851. The molecule has 0 spiro atoms. The summed E-state index contributed by atoms with van der Waals surface area (Å²) in [5.41, 5.74) is 2.20. The fraction of sp³-hybridized carbons (Fsp3) is 0.250. The van der Waals surface area contributed by atoms with E-state index in [2.05, 4.69) is 0 Å².